The van der Waals surface area contributed by atoms with Gasteiger partial charge >= 0.3 is 0 Å². The molecule has 0 saturated heterocycles. The summed E-state index contributed by atoms with van der Waals surface area (Å²) in [6, 6.07) is 9.70. The Balaban J connectivity index is 0.00000210. The number of benzene rings is 1. The minimum atomic E-state index is 0. The van der Waals surface area contributed by atoms with Crippen molar-refractivity contribution in [3.05, 3.63) is 47.3 Å². The zero-order valence-corrected chi connectivity index (χ0v) is 16.1. The van der Waals surface area contributed by atoms with Crippen molar-refractivity contribution in [1.82, 2.24) is 20.3 Å². The number of fused-ring (bicyclic) bond motifs is 1. The fourth-order valence-corrected chi connectivity index (χ4v) is 2.90. The van der Waals surface area contributed by atoms with Gasteiger partial charge in [-0.1, -0.05) is 48.4 Å². The number of hydrogen-bond acceptors (Lipinski definition) is 7. The van der Waals surface area contributed by atoms with Crippen LogP contribution in [0, 0.1) is 6.92 Å². The highest BCUT2D eigenvalue weighted by Gasteiger charge is 2.22. The molecule has 4 rings (SSSR count). The van der Waals surface area contributed by atoms with Gasteiger partial charge in [0.15, 0.2) is 0 Å². The summed E-state index contributed by atoms with van der Waals surface area (Å²) in [5.41, 5.74) is 10.5. The molecule has 27 heavy (non-hydrogen) atoms. The highest BCUT2D eigenvalue weighted by Crippen LogP contribution is 2.34. The summed E-state index contributed by atoms with van der Waals surface area (Å²) in [6.45, 7) is 6.50. The Bertz CT molecular complexity index is 1070. The van der Waals surface area contributed by atoms with Crippen LogP contribution in [-0.2, 0) is 6.54 Å². The Morgan fingerprint density at radius 2 is 1.78 bits per heavy atom. The smallest absolute Gasteiger partial charge is 0.259 e. The quantitative estimate of drug-likeness (QED) is 0.559. The molecule has 0 fully saturated rings. The number of halogens is 1. The fraction of sp³-hybridized carbons (Fsp3) is 0.263. The Morgan fingerprint density at radius 3 is 2.44 bits per heavy atom. The van der Waals surface area contributed by atoms with Gasteiger partial charge in [0, 0.05) is 17.8 Å². The molecule has 0 aliphatic carbocycles. The lowest BCUT2D eigenvalue weighted by Crippen LogP contribution is -1.95. The number of aryl methyl sites for hydroxylation is 1. The number of nitrogens with two attached hydrogens (primary N) is 1. The summed E-state index contributed by atoms with van der Waals surface area (Å²) in [6.07, 6.45) is 0. The van der Waals surface area contributed by atoms with Crippen molar-refractivity contribution in [2.24, 2.45) is 5.73 Å². The lowest BCUT2D eigenvalue weighted by atomic mass is 10.0. The molecule has 4 aromatic rings. The van der Waals surface area contributed by atoms with E-state index in [1.807, 2.05) is 37.3 Å². The van der Waals surface area contributed by atoms with E-state index < -0.39 is 0 Å². The maximum Gasteiger partial charge on any atom is 0.259 e. The van der Waals surface area contributed by atoms with E-state index in [-0.39, 0.29) is 18.3 Å². The number of rotatable bonds is 4. The molecule has 0 amide bonds. The predicted molar refractivity (Wildman–Crippen MR) is 104 cm³/mol. The normalized spacial score (nSPS) is 11.1. The third-order valence-corrected chi connectivity index (χ3v) is 4.25. The van der Waals surface area contributed by atoms with Crippen LogP contribution in [0.15, 0.2) is 39.4 Å². The largest absolute Gasteiger partial charge is 0.335 e. The summed E-state index contributed by atoms with van der Waals surface area (Å²) in [7, 11) is 0. The molecule has 140 valence electrons. The molecule has 0 spiro atoms. The van der Waals surface area contributed by atoms with Crippen LogP contribution in [0.25, 0.3) is 33.9 Å². The summed E-state index contributed by atoms with van der Waals surface area (Å²) in [5, 5.41) is 9.11. The second-order valence-electron chi connectivity index (χ2n) is 6.54. The lowest BCUT2D eigenvalue weighted by molar-refractivity contribution is 0.432. The highest BCUT2D eigenvalue weighted by atomic mass is 35.5. The van der Waals surface area contributed by atoms with Crippen LogP contribution in [0.5, 0.6) is 0 Å². The summed E-state index contributed by atoms with van der Waals surface area (Å²) in [5.74, 6) is 1.13. The maximum atomic E-state index is 5.64. The Hall–Kier alpha value is -2.77. The van der Waals surface area contributed by atoms with E-state index in [1.54, 1.807) is 0 Å². The average Bonchev–Trinajstić information content (AvgIpc) is 3.28. The van der Waals surface area contributed by atoms with Crippen molar-refractivity contribution >= 4 is 23.5 Å². The van der Waals surface area contributed by atoms with Gasteiger partial charge in [-0.25, -0.2) is 4.98 Å². The van der Waals surface area contributed by atoms with Gasteiger partial charge in [-0.15, -0.1) is 12.4 Å². The first-order valence-corrected chi connectivity index (χ1v) is 8.47. The molecular weight excluding hydrogens is 366 g/mol. The maximum absolute atomic E-state index is 5.64. The van der Waals surface area contributed by atoms with Gasteiger partial charge in [0.1, 0.15) is 0 Å². The summed E-state index contributed by atoms with van der Waals surface area (Å²) >= 11 is 0. The minimum absolute atomic E-state index is 0. The molecular formula is C19H20ClN5O2. The van der Waals surface area contributed by atoms with Crippen LogP contribution in [0.2, 0.25) is 0 Å². The molecule has 0 aliphatic rings. The van der Waals surface area contributed by atoms with Crippen LogP contribution < -0.4 is 5.73 Å². The number of nitrogens with zero attached hydrogens (tertiary/aromatic N) is 4. The molecule has 1 aromatic carbocycles. The second-order valence-corrected chi connectivity index (χ2v) is 6.54. The van der Waals surface area contributed by atoms with Crippen molar-refractivity contribution in [3.8, 4) is 22.8 Å². The van der Waals surface area contributed by atoms with Crippen molar-refractivity contribution in [2.75, 3.05) is 0 Å². The van der Waals surface area contributed by atoms with Gasteiger partial charge in [-0.3, -0.25) is 0 Å². The fourth-order valence-electron chi connectivity index (χ4n) is 2.90. The Kier molecular flexibility index (Phi) is 5.25. The van der Waals surface area contributed by atoms with Crippen LogP contribution >= 0.6 is 12.4 Å². The standard InChI is InChI=1S/C19H19N5O2.ClH/c1-10(2)16-15-14(8-11(3)21-19(15)26-23-16)18-22-17(24-25-18)13-6-4-12(9-20)5-7-13;/h4-8,10H,9,20H2,1-3H3;1H. The molecule has 0 atom stereocenters. The van der Waals surface area contributed by atoms with Crippen LogP contribution in [-0.4, -0.2) is 20.3 Å². The van der Waals surface area contributed by atoms with Crippen molar-refractivity contribution < 1.29 is 9.05 Å². The van der Waals surface area contributed by atoms with E-state index in [0.717, 1.165) is 33.5 Å². The van der Waals surface area contributed by atoms with E-state index in [4.69, 9.17) is 14.8 Å². The third kappa shape index (κ3) is 3.43. The number of aromatic nitrogens is 4. The monoisotopic (exact) mass is 385 g/mol. The number of hydrogen-bond donors (Lipinski definition) is 1. The van der Waals surface area contributed by atoms with Crippen LogP contribution in [0.3, 0.4) is 0 Å². The first kappa shape index (κ1) is 19.0. The van der Waals surface area contributed by atoms with Gasteiger partial charge in [-0.2, -0.15) is 4.98 Å². The average molecular weight is 386 g/mol. The highest BCUT2D eigenvalue weighted by molar-refractivity contribution is 5.92. The predicted octanol–water partition coefficient (Wildman–Crippen LogP) is 4.25. The Morgan fingerprint density at radius 1 is 1.04 bits per heavy atom. The topological polar surface area (TPSA) is 104 Å². The molecule has 0 aliphatic heterocycles. The SMILES string of the molecule is Cc1cc(-c2nc(-c3ccc(CN)cc3)no2)c2c(C(C)C)noc2n1.Cl. The lowest BCUT2D eigenvalue weighted by Gasteiger charge is -2.03. The first-order valence-electron chi connectivity index (χ1n) is 8.47. The van der Waals surface area contributed by atoms with Gasteiger partial charge in [0.2, 0.25) is 5.82 Å². The van der Waals surface area contributed by atoms with E-state index in [0.29, 0.717) is 24.0 Å². The summed E-state index contributed by atoms with van der Waals surface area (Å²) in [4.78, 5) is 8.99. The van der Waals surface area contributed by atoms with Gasteiger partial charge in [0.05, 0.1) is 16.6 Å². The molecule has 3 heterocycles. The van der Waals surface area contributed by atoms with Crippen molar-refractivity contribution in [1.29, 1.82) is 0 Å². The molecule has 0 unspecified atom stereocenters. The van der Waals surface area contributed by atoms with E-state index >= 15 is 0 Å². The molecule has 8 heteroatoms. The first-order chi connectivity index (χ1) is 12.6. The molecule has 2 N–H and O–H groups in total. The molecule has 0 saturated carbocycles. The molecule has 3 aromatic heterocycles. The van der Waals surface area contributed by atoms with E-state index in [9.17, 15) is 0 Å². The summed E-state index contributed by atoms with van der Waals surface area (Å²) < 4.78 is 11.0. The number of pyridine rings is 1. The zero-order chi connectivity index (χ0) is 18.3. The van der Waals surface area contributed by atoms with E-state index in [2.05, 4.69) is 34.1 Å². The van der Waals surface area contributed by atoms with Crippen LogP contribution in [0.4, 0.5) is 0 Å². The Labute approximate surface area is 162 Å². The second kappa shape index (κ2) is 7.46. The van der Waals surface area contributed by atoms with Crippen LogP contribution in [0.1, 0.15) is 36.7 Å². The minimum Gasteiger partial charge on any atom is -0.335 e. The van der Waals surface area contributed by atoms with Gasteiger partial charge in [0.25, 0.3) is 11.6 Å². The van der Waals surface area contributed by atoms with Crippen molar-refractivity contribution in [3.63, 3.8) is 0 Å². The molecule has 0 bridgehead atoms. The molecule has 7 nitrogen and oxygen atoms in total. The third-order valence-electron chi connectivity index (χ3n) is 4.25. The van der Waals surface area contributed by atoms with Gasteiger partial charge in [-0.05, 0) is 24.5 Å². The van der Waals surface area contributed by atoms with Gasteiger partial charge < -0.3 is 14.8 Å². The van der Waals surface area contributed by atoms with E-state index in [1.165, 1.54) is 0 Å². The molecule has 0 radical (unpaired) electrons. The van der Waals surface area contributed by atoms with Crippen molar-refractivity contribution in [2.45, 2.75) is 33.2 Å². The zero-order valence-electron chi connectivity index (χ0n) is 15.3.